The van der Waals surface area contributed by atoms with Gasteiger partial charge >= 0.3 is 12.0 Å². The van der Waals surface area contributed by atoms with Gasteiger partial charge < -0.3 is 20.4 Å². The molecule has 0 unspecified atom stereocenters. The number of hydrogen-bond acceptors (Lipinski definition) is 3. The van der Waals surface area contributed by atoms with Gasteiger partial charge in [-0.15, -0.1) is 0 Å². The van der Waals surface area contributed by atoms with Crippen molar-refractivity contribution in [2.45, 2.75) is 32.7 Å². The van der Waals surface area contributed by atoms with Gasteiger partial charge in [-0.25, -0.2) is 4.79 Å². The smallest absolute Gasteiger partial charge is 0.322 e. The van der Waals surface area contributed by atoms with Gasteiger partial charge in [0.25, 0.3) is 0 Å². The molecule has 2 amide bonds. The summed E-state index contributed by atoms with van der Waals surface area (Å²) in [7, 11) is 0. The third-order valence-electron chi connectivity index (χ3n) is 3.03. The topological polar surface area (TPSA) is 89.9 Å². The summed E-state index contributed by atoms with van der Waals surface area (Å²) in [5.74, 6) is -0.849. The van der Waals surface area contributed by atoms with Crippen molar-refractivity contribution in [2.24, 2.45) is 0 Å². The van der Waals surface area contributed by atoms with Crippen LogP contribution in [-0.4, -0.2) is 46.3 Å². The molecule has 0 aliphatic heterocycles. The number of carboxylic acids is 1. The van der Waals surface area contributed by atoms with Gasteiger partial charge in [0.15, 0.2) is 0 Å². The predicted molar refractivity (Wildman–Crippen MR) is 80.3 cm³/mol. The van der Waals surface area contributed by atoms with Crippen LogP contribution in [0, 0.1) is 0 Å². The molecule has 1 rings (SSSR count). The molecule has 0 aromatic heterocycles. The van der Waals surface area contributed by atoms with Gasteiger partial charge in [-0.05, 0) is 38.0 Å². The summed E-state index contributed by atoms with van der Waals surface area (Å²) in [6.07, 6.45) is 0.476. The van der Waals surface area contributed by atoms with E-state index in [0.717, 1.165) is 5.56 Å². The second kappa shape index (κ2) is 8.26. The lowest BCUT2D eigenvalue weighted by Gasteiger charge is -2.26. The van der Waals surface area contributed by atoms with Crippen molar-refractivity contribution in [3.63, 3.8) is 0 Å². The van der Waals surface area contributed by atoms with Crippen LogP contribution in [0.15, 0.2) is 24.3 Å². The molecule has 6 heteroatoms. The van der Waals surface area contributed by atoms with Gasteiger partial charge in [-0.2, -0.15) is 0 Å². The molecule has 1 aromatic carbocycles. The van der Waals surface area contributed by atoms with Gasteiger partial charge in [0, 0.05) is 24.7 Å². The fourth-order valence-corrected chi connectivity index (χ4v) is 1.95. The van der Waals surface area contributed by atoms with Crippen molar-refractivity contribution < 1.29 is 19.8 Å². The zero-order valence-corrected chi connectivity index (χ0v) is 12.4. The molecule has 1 aromatic rings. The Hall–Kier alpha value is -2.08. The number of aliphatic hydroxyl groups excluding tert-OH is 1. The zero-order valence-electron chi connectivity index (χ0n) is 12.4. The Bertz CT molecular complexity index is 488. The summed E-state index contributed by atoms with van der Waals surface area (Å²) in [5.41, 5.74) is 1.47. The van der Waals surface area contributed by atoms with Crippen molar-refractivity contribution in [1.82, 2.24) is 4.90 Å². The minimum atomic E-state index is -0.849. The van der Waals surface area contributed by atoms with Crippen LogP contribution in [0.5, 0.6) is 0 Å². The first-order chi connectivity index (χ1) is 9.93. The Morgan fingerprint density at radius 2 is 2.05 bits per heavy atom. The van der Waals surface area contributed by atoms with Crippen molar-refractivity contribution in [3.8, 4) is 0 Å². The number of rotatable bonds is 7. The third kappa shape index (κ3) is 5.83. The summed E-state index contributed by atoms with van der Waals surface area (Å²) in [6, 6.07) is 6.81. The normalized spacial score (nSPS) is 10.5. The number of nitrogens with one attached hydrogen (secondary N) is 1. The predicted octanol–water partition coefficient (Wildman–Crippen LogP) is 1.94. The first-order valence-electron chi connectivity index (χ1n) is 6.93. The van der Waals surface area contributed by atoms with E-state index in [2.05, 4.69) is 5.32 Å². The Balaban J connectivity index is 2.71. The number of carboxylic acid groups (broad SMARTS) is 1. The standard InChI is InChI=1S/C15H22N2O4/c1-11(2)17(8-9-18)15(21)16-13-5-3-4-12(10-13)6-7-14(19)20/h3-5,10-11,18H,6-9H2,1-2H3,(H,16,21)(H,19,20). The lowest BCUT2D eigenvalue weighted by molar-refractivity contribution is -0.136. The van der Waals surface area contributed by atoms with Crippen molar-refractivity contribution in [3.05, 3.63) is 29.8 Å². The highest BCUT2D eigenvalue weighted by atomic mass is 16.4. The van der Waals surface area contributed by atoms with Crippen LogP contribution < -0.4 is 5.32 Å². The number of hydrogen-bond donors (Lipinski definition) is 3. The van der Waals surface area contributed by atoms with Crippen LogP contribution in [0.25, 0.3) is 0 Å². The second-order valence-electron chi connectivity index (χ2n) is 5.04. The van der Waals surface area contributed by atoms with E-state index in [9.17, 15) is 9.59 Å². The molecule has 0 bridgehead atoms. The number of carbonyl (C=O) groups excluding carboxylic acids is 1. The molecule has 0 radical (unpaired) electrons. The first-order valence-corrected chi connectivity index (χ1v) is 6.93. The summed E-state index contributed by atoms with van der Waals surface area (Å²) in [6.45, 7) is 3.92. The number of aliphatic hydroxyl groups is 1. The number of amides is 2. The van der Waals surface area contributed by atoms with E-state index in [1.54, 1.807) is 18.2 Å². The van der Waals surface area contributed by atoms with Crippen molar-refractivity contribution >= 4 is 17.7 Å². The average molecular weight is 294 g/mol. The minimum absolute atomic E-state index is 0.0210. The molecule has 0 spiro atoms. The molecule has 116 valence electrons. The van der Waals surface area contributed by atoms with Crippen LogP contribution in [0.3, 0.4) is 0 Å². The number of aryl methyl sites for hydroxylation is 1. The van der Waals surface area contributed by atoms with Crippen LogP contribution in [0.4, 0.5) is 10.5 Å². The summed E-state index contributed by atoms with van der Waals surface area (Å²) < 4.78 is 0. The highest BCUT2D eigenvalue weighted by Crippen LogP contribution is 2.13. The molecule has 21 heavy (non-hydrogen) atoms. The second-order valence-corrected chi connectivity index (χ2v) is 5.04. The summed E-state index contributed by atoms with van der Waals surface area (Å²) in [4.78, 5) is 24.2. The molecule has 0 aliphatic carbocycles. The fourth-order valence-electron chi connectivity index (χ4n) is 1.95. The van der Waals surface area contributed by atoms with E-state index in [4.69, 9.17) is 10.2 Å². The fraction of sp³-hybridized carbons (Fsp3) is 0.467. The number of anilines is 1. The first kappa shape index (κ1) is 17.0. The molecule has 0 aliphatic rings. The molecule has 0 saturated carbocycles. The Morgan fingerprint density at radius 3 is 2.62 bits per heavy atom. The van der Waals surface area contributed by atoms with Crippen LogP contribution in [-0.2, 0) is 11.2 Å². The number of carbonyl (C=O) groups is 2. The number of nitrogens with zero attached hydrogens (tertiary/aromatic N) is 1. The lowest BCUT2D eigenvalue weighted by atomic mass is 10.1. The van der Waals surface area contributed by atoms with Crippen molar-refractivity contribution in [1.29, 1.82) is 0 Å². The largest absolute Gasteiger partial charge is 0.481 e. The molecule has 0 heterocycles. The molecular formula is C15H22N2O4. The van der Waals surface area contributed by atoms with E-state index in [1.165, 1.54) is 4.90 Å². The van der Waals surface area contributed by atoms with Gasteiger partial charge in [-0.1, -0.05) is 12.1 Å². The van der Waals surface area contributed by atoms with Crippen LogP contribution in [0.1, 0.15) is 25.8 Å². The number of benzene rings is 1. The maximum Gasteiger partial charge on any atom is 0.322 e. The molecule has 0 saturated heterocycles. The summed E-state index contributed by atoms with van der Waals surface area (Å²) >= 11 is 0. The Kier molecular flexibility index (Phi) is 6.68. The monoisotopic (exact) mass is 294 g/mol. The average Bonchev–Trinajstić information content (AvgIpc) is 2.42. The molecule has 3 N–H and O–H groups in total. The third-order valence-corrected chi connectivity index (χ3v) is 3.03. The van der Waals surface area contributed by atoms with E-state index >= 15 is 0 Å². The molecular weight excluding hydrogens is 272 g/mol. The van der Waals surface area contributed by atoms with E-state index in [0.29, 0.717) is 12.1 Å². The SMILES string of the molecule is CC(C)N(CCO)C(=O)Nc1cccc(CCC(=O)O)c1. The summed E-state index contributed by atoms with van der Waals surface area (Å²) in [5, 5.41) is 20.4. The maximum atomic E-state index is 12.1. The highest BCUT2D eigenvalue weighted by molar-refractivity contribution is 5.89. The number of urea groups is 1. The van der Waals surface area contributed by atoms with Crippen molar-refractivity contribution in [2.75, 3.05) is 18.5 Å². The van der Waals surface area contributed by atoms with E-state index in [-0.39, 0.29) is 31.6 Å². The Morgan fingerprint density at radius 1 is 1.33 bits per heavy atom. The number of aliphatic carboxylic acids is 1. The van der Waals surface area contributed by atoms with E-state index in [1.807, 2.05) is 19.9 Å². The maximum absolute atomic E-state index is 12.1. The van der Waals surface area contributed by atoms with Gasteiger partial charge in [0.2, 0.25) is 0 Å². The van der Waals surface area contributed by atoms with Gasteiger partial charge in [0.1, 0.15) is 0 Å². The van der Waals surface area contributed by atoms with Gasteiger partial charge in [-0.3, -0.25) is 4.79 Å². The minimum Gasteiger partial charge on any atom is -0.481 e. The van der Waals surface area contributed by atoms with E-state index < -0.39 is 5.97 Å². The quantitative estimate of drug-likeness (QED) is 0.717. The molecule has 6 nitrogen and oxygen atoms in total. The van der Waals surface area contributed by atoms with Crippen LogP contribution in [0.2, 0.25) is 0 Å². The zero-order chi connectivity index (χ0) is 15.8. The highest BCUT2D eigenvalue weighted by Gasteiger charge is 2.16. The van der Waals surface area contributed by atoms with Crippen LogP contribution >= 0.6 is 0 Å². The molecule has 0 fully saturated rings. The van der Waals surface area contributed by atoms with Gasteiger partial charge in [0.05, 0.1) is 6.61 Å². The lowest BCUT2D eigenvalue weighted by Crippen LogP contribution is -2.41. The molecule has 0 atom stereocenters. The Labute approximate surface area is 124 Å².